The van der Waals surface area contributed by atoms with E-state index in [0.717, 1.165) is 28.3 Å². The molecule has 174 valence electrons. The van der Waals surface area contributed by atoms with Crippen LogP contribution in [-0.2, 0) is 0 Å². The molecule has 0 aliphatic rings. The minimum atomic E-state index is -0.549. The summed E-state index contributed by atoms with van der Waals surface area (Å²) in [5.74, 6) is -0.537. The second kappa shape index (κ2) is 9.40. The van der Waals surface area contributed by atoms with Gasteiger partial charge in [0.05, 0.1) is 28.1 Å². The third-order valence-corrected chi connectivity index (χ3v) is 6.33. The summed E-state index contributed by atoms with van der Waals surface area (Å²) in [6.07, 6.45) is 0. The molecular weight excluding hydrogens is 460 g/mol. The van der Waals surface area contributed by atoms with E-state index in [9.17, 15) is 9.59 Å². The first-order valence-electron chi connectivity index (χ1n) is 10.9. The molecule has 5 rings (SSSR count). The van der Waals surface area contributed by atoms with Gasteiger partial charge >= 0.3 is 0 Å². The van der Waals surface area contributed by atoms with Crippen molar-refractivity contribution in [2.45, 2.75) is 0 Å². The molecule has 0 unspecified atom stereocenters. The third kappa shape index (κ3) is 4.49. The van der Waals surface area contributed by atoms with Crippen LogP contribution in [0.4, 0.5) is 22.2 Å². The molecule has 0 atom stereocenters. The van der Waals surface area contributed by atoms with Crippen molar-refractivity contribution < 1.29 is 4.79 Å². The molecule has 5 aromatic rings. The number of carbonyl (C=O) groups excluding carboxylic acids is 1. The molecule has 1 amide bonds. The second-order valence-electron chi connectivity index (χ2n) is 7.80. The lowest BCUT2D eigenvalue weighted by Gasteiger charge is -2.23. The van der Waals surface area contributed by atoms with Gasteiger partial charge in [-0.1, -0.05) is 48.5 Å². The Morgan fingerprint density at radius 3 is 2.43 bits per heavy atom. The summed E-state index contributed by atoms with van der Waals surface area (Å²) in [4.78, 5) is 38.5. The van der Waals surface area contributed by atoms with Gasteiger partial charge < -0.3 is 20.5 Å². The maximum atomic E-state index is 12.5. The quantitative estimate of drug-likeness (QED) is 0.318. The highest BCUT2D eigenvalue weighted by Gasteiger charge is 2.17. The van der Waals surface area contributed by atoms with Crippen LogP contribution < -0.4 is 21.1 Å². The van der Waals surface area contributed by atoms with E-state index < -0.39 is 11.5 Å². The van der Waals surface area contributed by atoms with Gasteiger partial charge in [-0.05, 0) is 24.3 Å². The van der Waals surface area contributed by atoms with E-state index in [1.807, 2.05) is 90.1 Å². The van der Waals surface area contributed by atoms with Gasteiger partial charge in [-0.25, -0.2) is 9.97 Å². The molecule has 0 bridgehead atoms. The lowest BCUT2D eigenvalue weighted by atomic mass is 10.2. The Hall–Kier alpha value is -4.50. The standard InChI is InChI=1S/C26H22N6O2S/c1-27-24(33)23-25(34)29-18-13-20(30-26-31-21(15-35-26)16-9-5-3-6-10-16)22(14-19(18)28-23)32(2)17-11-7-4-8-12-17/h3-15H,1-2H3,(H,27,33)(H,29,34)(H,30,31). The fraction of sp³-hybridized carbons (Fsp3) is 0.0769. The minimum absolute atomic E-state index is 0.179. The Balaban J connectivity index is 1.61. The molecule has 0 saturated heterocycles. The number of fused-ring (bicyclic) bond motifs is 1. The summed E-state index contributed by atoms with van der Waals surface area (Å²) in [5, 5.41) is 8.58. The van der Waals surface area contributed by atoms with Crippen molar-refractivity contribution in [1.29, 1.82) is 0 Å². The average Bonchev–Trinajstić information content (AvgIpc) is 3.37. The number of nitrogens with one attached hydrogen (secondary N) is 3. The van der Waals surface area contributed by atoms with Gasteiger partial charge in [-0.2, -0.15) is 0 Å². The largest absolute Gasteiger partial charge is 0.354 e. The summed E-state index contributed by atoms with van der Waals surface area (Å²) in [5.41, 5.74) is 4.70. The van der Waals surface area contributed by atoms with E-state index in [-0.39, 0.29) is 5.69 Å². The minimum Gasteiger partial charge on any atom is -0.354 e. The van der Waals surface area contributed by atoms with Gasteiger partial charge in [0.2, 0.25) is 0 Å². The van der Waals surface area contributed by atoms with E-state index in [1.54, 1.807) is 0 Å². The second-order valence-corrected chi connectivity index (χ2v) is 8.66. The van der Waals surface area contributed by atoms with Crippen LogP contribution in [0.1, 0.15) is 10.5 Å². The molecule has 0 aliphatic heterocycles. The van der Waals surface area contributed by atoms with E-state index in [2.05, 4.69) is 20.6 Å². The van der Waals surface area contributed by atoms with Gasteiger partial charge in [0.25, 0.3) is 11.5 Å². The van der Waals surface area contributed by atoms with Crippen LogP contribution in [0.3, 0.4) is 0 Å². The predicted octanol–water partition coefficient (Wildman–Crippen LogP) is 4.92. The zero-order valence-electron chi connectivity index (χ0n) is 19.1. The Morgan fingerprint density at radius 1 is 1.00 bits per heavy atom. The van der Waals surface area contributed by atoms with Crippen LogP contribution >= 0.6 is 11.3 Å². The van der Waals surface area contributed by atoms with Crippen LogP contribution in [0.25, 0.3) is 22.3 Å². The molecule has 9 heteroatoms. The summed E-state index contributed by atoms with van der Waals surface area (Å²) in [6, 6.07) is 23.5. The van der Waals surface area contributed by atoms with Crippen LogP contribution in [0.2, 0.25) is 0 Å². The van der Waals surface area contributed by atoms with Gasteiger partial charge in [-0.3, -0.25) is 9.59 Å². The van der Waals surface area contributed by atoms with E-state index in [1.165, 1.54) is 18.4 Å². The summed E-state index contributed by atoms with van der Waals surface area (Å²) in [6.45, 7) is 0. The van der Waals surface area contributed by atoms with Gasteiger partial charge in [0.15, 0.2) is 10.8 Å². The Labute approximate surface area is 205 Å². The first-order chi connectivity index (χ1) is 17.0. The number of hydrogen-bond acceptors (Lipinski definition) is 7. The molecule has 0 radical (unpaired) electrons. The number of aromatic amines is 1. The first kappa shape index (κ1) is 22.3. The summed E-state index contributed by atoms with van der Waals surface area (Å²) < 4.78 is 0. The number of hydrogen-bond donors (Lipinski definition) is 3. The van der Waals surface area contributed by atoms with E-state index >= 15 is 0 Å². The van der Waals surface area contributed by atoms with Crippen LogP contribution in [0.5, 0.6) is 0 Å². The summed E-state index contributed by atoms with van der Waals surface area (Å²) in [7, 11) is 3.41. The normalized spacial score (nSPS) is 10.8. The smallest absolute Gasteiger partial charge is 0.280 e. The van der Waals surface area contributed by atoms with Gasteiger partial charge in [0, 0.05) is 30.7 Å². The lowest BCUT2D eigenvalue weighted by Crippen LogP contribution is -2.28. The molecule has 8 nitrogen and oxygen atoms in total. The number of para-hydroxylation sites is 1. The van der Waals surface area contributed by atoms with E-state index in [4.69, 9.17) is 4.98 Å². The number of nitrogens with zero attached hydrogens (tertiary/aromatic N) is 3. The number of amides is 1. The number of carbonyl (C=O) groups is 1. The van der Waals surface area contributed by atoms with Crippen molar-refractivity contribution in [3.05, 3.63) is 94.2 Å². The van der Waals surface area contributed by atoms with Crippen LogP contribution in [0.15, 0.2) is 83.0 Å². The van der Waals surface area contributed by atoms with E-state index in [0.29, 0.717) is 16.2 Å². The zero-order chi connectivity index (χ0) is 24.4. The monoisotopic (exact) mass is 482 g/mol. The predicted molar refractivity (Wildman–Crippen MR) is 141 cm³/mol. The fourth-order valence-electron chi connectivity index (χ4n) is 3.75. The molecule has 0 saturated carbocycles. The molecule has 2 aromatic heterocycles. The topological polar surface area (TPSA) is 103 Å². The Bertz CT molecular complexity index is 1560. The van der Waals surface area contributed by atoms with Gasteiger partial charge in [-0.15, -0.1) is 11.3 Å². The molecule has 35 heavy (non-hydrogen) atoms. The highest BCUT2D eigenvalue weighted by molar-refractivity contribution is 7.14. The van der Waals surface area contributed by atoms with Crippen molar-refractivity contribution in [3.63, 3.8) is 0 Å². The fourth-order valence-corrected chi connectivity index (χ4v) is 4.48. The van der Waals surface area contributed by atoms with Crippen molar-refractivity contribution >= 4 is 50.5 Å². The lowest BCUT2D eigenvalue weighted by molar-refractivity contribution is 0.0957. The zero-order valence-corrected chi connectivity index (χ0v) is 19.9. The number of anilines is 4. The summed E-state index contributed by atoms with van der Waals surface area (Å²) >= 11 is 1.49. The molecular formula is C26H22N6O2S. The molecule has 0 fully saturated rings. The maximum Gasteiger partial charge on any atom is 0.280 e. The van der Waals surface area contributed by atoms with Crippen molar-refractivity contribution in [1.82, 2.24) is 20.3 Å². The van der Waals surface area contributed by atoms with Crippen LogP contribution in [0, 0.1) is 0 Å². The van der Waals surface area contributed by atoms with Crippen molar-refractivity contribution in [2.75, 3.05) is 24.3 Å². The molecule has 0 aliphatic carbocycles. The molecule has 3 aromatic carbocycles. The SMILES string of the molecule is CNC(=O)c1nc2cc(N(C)c3ccccc3)c(Nc3nc(-c4ccccc4)cs3)cc2[nH]c1=O. The number of benzene rings is 3. The highest BCUT2D eigenvalue weighted by atomic mass is 32.1. The van der Waals surface area contributed by atoms with Gasteiger partial charge in [0.1, 0.15) is 0 Å². The van der Waals surface area contributed by atoms with Crippen LogP contribution in [-0.4, -0.2) is 35.0 Å². The maximum absolute atomic E-state index is 12.5. The highest BCUT2D eigenvalue weighted by Crippen LogP contribution is 2.36. The average molecular weight is 483 g/mol. The molecule has 2 heterocycles. The number of thiazole rings is 1. The molecule has 3 N–H and O–H groups in total. The number of H-pyrrole nitrogens is 1. The number of rotatable bonds is 6. The molecule has 0 spiro atoms. The third-order valence-electron chi connectivity index (χ3n) is 5.57. The Morgan fingerprint density at radius 2 is 1.71 bits per heavy atom. The Kier molecular flexibility index (Phi) is 5.99. The van der Waals surface area contributed by atoms with Crippen molar-refractivity contribution in [3.8, 4) is 11.3 Å². The van der Waals surface area contributed by atoms with Crippen molar-refractivity contribution in [2.24, 2.45) is 0 Å². The number of aromatic nitrogens is 3. The first-order valence-corrected chi connectivity index (χ1v) is 11.8.